The molecule has 1 saturated carbocycles. The number of thiol groups is 1. The first-order valence-corrected chi connectivity index (χ1v) is 6.64. The summed E-state index contributed by atoms with van der Waals surface area (Å²) in [4.78, 5) is 15.7. The normalized spacial score (nSPS) is 16.5. The zero-order valence-electron chi connectivity index (χ0n) is 9.85. The number of hydrogen-bond acceptors (Lipinski definition) is 3. The topological polar surface area (TPSA) is 42.0 Å². The quantitative estimate of drug-likeness (QED) is 0.757. The molecule has 1 amide bonds. The van der Waals surface area contributed by atoms with Crippen LogP contribution in [0.3, 0.4) is 0 Å². The predicted molar refractivity (Wildman–Crippen MR) is 71.1 cm³/mol. The highest BCUT2D eigenvalue weighted by molar-refractivity contribution is 7.80. The van der Waals surface area contributed by atoms with Gasteiger partial charge in [0, 0.05) is 25.4 Å². The van der Waals surface area contributed by atoms with Crippen molar-refractivity contribution in [3.63, 3.8) is 0 Å². The van der Waals surface area contributed by atoms with Crippen LogP contribution in [0.5, 0.6) is 0 Å². The average Bonchev–Trinajstić information content (AvgIpc) is 3.11. The third-order valence-electron chi connectivity index (χ3n) is 3.31. The molecule has 0 atom stereocenters. The van der Waals surface area contributed by atoms with Crippen LogP contribution in [0.1, 0.15) is 24.8 Å². The highest BCUT2D eigenvalue weighted by Gasteiger charge is 2.42. The molecule has 4 heteroatoms. The van der Waals surface area contributed by atoms with Gasteiger partial charge in [-0.05, 0) is 48.1 Å². The summed E-state index contributed by atoms with van der Waals surface area (Å²) >= 11 is 4.30. The first kappa shape index (κ1) is 12.4. The van der Waals surface area contributed by atoms with E-state index in [0.29, 0.717) is 13.0 Å². The van der Waals surface area contributed by atoms with Crippen LogP contribution < -0.4 is 5.32 Å². The molecular weight excluding hydrogens is 232 g/mol. The lowest BCUT2D eigenvalue weighted by Gasteiger charge is -2.11. The molecule has 0 radical (unpaired) electrons. The van der Waals surface area contributed by atoms with E-state index in [1.54, 1.807) is 12.4 Å². The van der Waals surface area contributed by atoms with Gasteiger partial charge in [-0.15, -0.1) is 0 Å². The summed E-state index contributed by atoms with van der Waals surface area (Å²) in [5, 5.41) is 2.97. The second-order valence-electron chi connectivity index (χ2n) is 4.79. The SMILES string of the molecule is O=C(CC1(CS)CC1)NCCc1ccncc1. The fraction of sp³-hybridized carbons (Fsp3) is 0.538. The minimum absolute atomic E-state index is 0.158. The van der Waals surface area contributed by atoms with Crippen molar-refractivity contribution in [1.29, 1.82) is 0 Å². The molecule has 1 N–H and O–H groups in total. The molecule has 0 bridgehead atoms. The molecule has 92 valence electrons. The number of nitrogens with zero attached hydrogens (tertiary/aromatic N) is 1. The third kappa shape index (κ3) is 3.73. The maximum atomic E-state index is 11.7. The van der Waals surface area contributed by atoms with Gasteiger partial charge in [0.15, 0.2) is 0 Å². The van der Waals surface area contributed by atoms with Gasteiger partial charge in [0.2, 0.25) is 5.91 Å². The van der Waals surface area contributed by atoms with Crippen molar-refractivity contribution in [2.75, 3.05) is 12.3 Å². The molecule has 2 rings (SSSR count). The summed E-state index contributed by atoms with van der Waals surface area (Å²) in [6, 6.07) is 3.95. The van der Waals surface area contributed by atoms with E-state index < -0.39 is 0 Å². The fourth-order valence-corrected chi connectivity index (χ4v) is 2.29. The van der Waals surface area contributed by atoms with Gasteiger partial charge < -0.3 is 5.32 Å². The van der Waals surface area contributed by atoms with Gasteiger partial charge in [0.25, 0.3) is 0 Å². The van der Waals surface area contributed by atoms with Crippen LogP contribution in [0.15, 0.2) is 24.5 Å². The fourth-order valence-electron chi connectivity index (χ4n) is 1.87. The molecular formula is C13H18N2OS. The first-order chi connectivity index (χ1) is 8.24. The van der Waals surface area contributed by atoms with Crippen LogP contribution in [0.2, 0.25) is 0 Å². The Hall–Kier alpha value is -1.03. The summed E-state index contributed by atoms with van der Waals surface area (Å²) < 4.78 is 0. The van der Waals surface area contributed by atoms with Gasteiger partial charge in [0.1, 0.15) is 0 Å². The summed E-state index contributed by atoms with van der Waals surface area (Å²) in [6.45, 7) is 0.700. The van der Waals surface area contributed by atoms with Crippen LogP contribution in [-0.2, 0) is 11.2 Å². The number of amides is 1. The van der Waals surface area contributed by atoms with Gasteiger partial charge in [-0.25, -0.2) is 0 Å². The van der Waals surface area contributed by atoms with E-state index in [9.17, 15) is 4.79 Å². The molecule has 1 fully saturated rings. The average molecular weight is 250 g/mol. The van der Waals surface area contributed by atoms with Crippen LogP contribution in [0.25, 0.3) is 0 Å². The number of rotatable bonds is 6. The van der Waals surface area contributed by atoms with Gasteiger partial charge in [-0.1, -0.05) is 0 Å². The van der Waals surface area contributed by atoms with Crippen molar-refractivity contribution < 1.29 is 4.79 Å². The smallest absolute Gasteiger partial charge is 0.220 e. The Morgan fingerprint density at radius 1 is 1.41 bits per heavy atom. The van der Waals surface area contributed by atoms with E-state index in [2.05, 4.69) is 22.9 Å². The monoisotopic (exact) mass is 250 g/mol. The minimum Gasteiger partial charge on any atom is -0.356 e. The molecule has 0 unspecified atom stereocenters. The summed E-state index contributed by atoms with van der Waals surface area (Å²) in [5.74, 6) is 0.982. The van der Waals surface area contributed by atoms with Gasteiger partial charge in [0.05, 0.1) is 0 Å². The highest BCUT2D eigenvalue weighted by Crippen LogP contribution is 2.49. The second-order valence-corrected chi connectivity index (χ2v) is 5.11. The number of nitrogens with one attached hydrogen (secondary N) is 1. The molecule has 1 aromatic rings. The number of pyridine rings is 1. The molecule has 1 aliphatic carbocycles. The summed E-state index contributed by atoms with van der Waals surface area (Å²) in [5.41, 5.74) is 1.42. The van der Waals surface area contributed by atoms with Crippen LogP contribution in [0.4, 0.5) is 0 Å². The van der Waals surface area contributed by atoms with E-state index in [1.165, 1.54) is 5.56 Å². The second kappa shape index (κ2) is 5.54. The van der Waals surface area contributed by atoms with E-state index in [4.69, 9.17) is 0 Å². The van der Waals surface area contributed by atoms with Crippen LogP contribution in [0, 0.1) is 5.41 Å². The van der Waals surface area contributed by atoms with Crippen molar-refractivity contribution in [2.45, 2.75) is 25.7 Å². The summed E-state index contributed by atoms with van der Waals surface area (Å²) in [6.07, 6.45) is 7.34. The maximum Gasteiger partial charge on any atom is 0.220 e. The highest BCUT2D eigenvalue weighted by atomic mass is 32.1. The lowest BCUT2D eigenvalue weighted by molar-refractivity contribution is -0.122. The Morgan fingerprint density at radius 3 is 2.71 bits per heavy atom. The zero-order valence-corrected chi connectivity index (χ0v) is 10.7. The van der Waals surface area contributed by atoms with Crippen molar-refractivity contribution in [2.24, 2.45) is 5.41 Å². The number of carbonyl (C=O) groups excluding carboxylic acids is 1. The van der Waals surface area contributed by atoms with Crippen LogP contribution in [-0.4, -0.2) is 23.2 Å². The Kier molecular flexibility index (Phi) is 4.05. The molecule has 0 spiro atoms. The molecule has 0 aliphatic heterocycles. The van der Waals surface area contributed by atoms with Gasteiger partial charge >= 0.3 is 0 Å². The standard InChI is InChI=1S/C13H18N2OS/c16-12(9-13(10-17)4-5-13)15-8-3-11-1-6-14-7-2-11/h1-2,6-7,17H,3-5,8-10H2,(H,15,16). The lowest BCUT2D eigenvalue weighted by atomic mass is 10.1. The van der Waals surface area contributed by atoms with Crippen LogP contribution >= 0.6 is 12.6 Å². The van der Waals surface area contributed by atoms with E-state index in [-0.39, 0.29) is 11.3 Å². The number of carbonyl (C=O) groups is 1. The van der Waals surface area contributed by atoms with E-state index in [1.807, 2.05) is 12.1 Å². The first-order valence-electron chi connectivity index (χ1n) is 6.01. The number of aromatic nitrogens is 1. The lowest BCUT2D eigenvalue weighted by Crippen LogP contribution is -2.28. The van der Waals surface area contributed by atoms with Crippen molar-refractivity contribution in [3.05, 3.63) is 30.1 Å². The Labute approximate surface area is 107 Å². The third-order valence-corrected chi connectivity index (χ3v) is 3.98. The minimum atomic E-state index is 0.158. The van der Waals surface area contributed by atoms with Gasteiger partial charge in [-0.2, -0.15) is 12.6 Å². The Balaban J connectivity index is 1.67. The van der Waals surface area contributed by atoms with Crippen molar-refractivity contribution in [1.82, 2.24) is 10.3 Å². The predicted octanol–water partition coefficient (Wildman–Crippen LogP) is 1.84. The summed E-state index contributed by atoms with van der Waals surface area (Å²) in [7, 11) is 0. The molecule has 0 aromatic carbocycles. The zero-order chi connectivity index (χ0) is 12.1. The molecule has 0 saturated heterocycles. The maximum absolute atomic E-state index is 11.7. The molecule has 1 heterocycles. The largest absolute Gasteiger partial charge is 0.356 e. The Morgan fingerprint density at radius 2 is 2.12 bits per heavy atom. The van der Waals surface area contributed by atoms with Gasteiger partial charge in [-0.3, -0.25) is 9.78 Å². The number of hydrogen-bond donors (Lipinski definition) is 2. The molecule has 3 nitrogen and oxygen atoms in total. The van der Waals surface area contributed by atoms with E-state index in [0.717, 1.165) is 25.0 Å². The van der Waals surface area contributed by atoms with Crippen molar-refractivity contribution in [3.8, 4) is 0 Å². The molecule has 1 aliphatic rings. The van der Waals surface area contributed by atoms with Crippen molar-refractivity contribution >= 4 is 18.5 Å². The van der Waals surface area contributed by atoms with E-state index >= 15 is 0 Å². The molecule has 17 heavy (non-hydrogen) atoms. The Bertz CT molecular complexity index is 376. The molecule has 1 aromatic heterocycles.